The summed E-state index contributed by atoms with van der Waals surface area (Å²) < 4.78 is 25.6. The highest BCUT2D eigenvalue weighted by molar-refractivity contribution is 9.10. The van der Waals surface area contributed by atoms with E-state index in [2.05, 4.69) is 21.2 Å². The number of amides is 1. The molecule has 2 rings (SSSR count). The molecule has 0 atom stereocenters. The van der Waals surface area contributed by atoms with Crippen molar-refractivity contribution < 1.29 is 13.2 Å². The number of benzene rings is 1. The molecule has 1 N–H and O–H groups in total. The van der Waals surface area contributed by atoms with Crippen LogP contribution in [0.2, 0.25) is 0 Å². The second kappa shape index (κ2) is 5.73. The fourth-order valence-electron chi connectivity index (χ4n) is 1.83. The summed E-state index contributed by atoms with van der Waals surface area (Å²) in [5, 5.41) is 2.80. The van der Waals surface area contributed by atoms with E-state index in [-0.39, 0.29) is 18.5 Å². The monoisotopic (exact) mass is 360 g/mol. The van der Waals surface area contributed by atoms with Gasteiger partial charge in [-0.3, -0.25) is 9.10 Å². The van der Waals surface area contributed by atoms with Gasteiger partial charge >= 0.3 is 0 Å². The van der Waals surface area contributed by atoms with Crippen LogP contribution < -0.4 is 9.62 Å². The molecule has 0 aliphatic heterocycles. The summed E-state index contributed by atoms with van der Waals surface area (Å²) in [6.45, 7) is 1.72. The molecule has 1 fully saturated rings. The molecule has 0 bridgehead atoms. The zero-order valence-corrected chi connectivity index (χ0v) is 13.8. The maximum absolute atomic E-state index is 11.9. The highest BCUT2D eigenvalue weighted by Crippen LogP contribution is 2.29. The summed E-state index contributed by atoms with van der Waals surface area (Å²) in [4.78, 5) is 11.9. The number of hydrogen-bond acceptors (Lipinski definition) is 3. The van der Waals surface area contributed by atoms with Gasteiger partial charge in [0.25, 0.3) is 0 Å². The number of rotatable bonds is 5. The first-order valence-electron chi connectivity index (χ1n) is 6.30. The van der Waals surface area contributed by atoms with Gasteiger partial charge < -0.3 is 5.32 Å². The number of anilines is 1. The zero-order chi connectivity index (χ0) is 14.9. The van der Waals surface area contributed by atoms with Gasteiger partial charge in [0.15, 0.2) is 0 Å². The quantitative estimate of drug-likeness (QED) is 0.870. The van der Waals surface area contributed by atoms with Gasteiger partial charge in [0.1, 0.15) is 6.54 Å². The minimum Gasteiger partial charge on any atom is -0.352 e. The largest absolute Gasteiger partial charge is 0.352 e. The van der Waals surface area contributed by atoms with Crippen molar-refractivity contribution in [2.24, 2.45) is 0 Å². The Balaban J connectivity index is 2.25. The molecule has 0 spiro atoms. The molecule has 20 heavy (non-hydrogen) atoms. The highest BCUT2D eigenvalue weighted by atomic mass is 79.9. The zero-order valence-electron chi connectivity index (χ0n) is 11.4. The molecule has 0 radical (unpaired) electrons. The highest BCUT2D eigenvalue weighted by Gasteiger charge is 2.27. The van der Waals surface area contributed by atoms with Crippen LogP contribution >= 0.6 is 15.9 Å². The van der Waals surface area contributed by atoms with Gasteiger partial charge in [-0.15, -0.1) is 0 Å². The first-order chi connectivity index (χ1) is 9.27. The minimum atomic E-state index is -3.52. The predicted octanol–water partition coefficient (Wildman–Crippen LogP) is 1.80. The van der Waals surface area contributed by atoms with Gasteiger partial charge in [0.05, 0.1) is 11.9 Å². The number of carbonyl (C=O) groups is 1. The fourth-order valence-corrected chi connectivity index (χ4v) is 3.52. The molecule has 1 saturated carbocycles. The van der Waals surface area contributed by atoms with Crippen LogP contribution in [0.4, 0.5) is 5.69 Å². The third kappa shape index (κ3) is 3.96. The van der Waals surface area contributed by atoms with E-state index in [0.29, 0.717) is 10.2 Å². The van der Waals surface area contributed by atoms with Crippen molar-refractivity contribution in [3.8, 4) is 0 Å². The first kappa shape index (κ1) is 15.3. The lowest BCUT2D eigenvalue weighted by atomic mass is 10.2. The lowest BCUT2D eigenvalue weighted by Gasteiger charge is -2.23. The maximum atomic E-state index is 11.9. The molecule has 5 nitrogen and oxygen atoms in total. The first-order valence-corrected chi connectivity index (χ1v) is 8.95. The van der Waals surface area contributed by atoms with E-state index in [1.54, 1.807) is 6.07 Å². The number of aryl methyl sites for hydroxylation is 1. The Bertz CT molecular complexity index is 627. The molecule has 1 amide bonds. The maximum Gasteiger partial charge on any atom is 0.240 e. The Hall–Kier alpha value is -1.08. The van der Waals surface area contributed by atoms with Gasteiger partial charge in [-0.1, -0.05) is 6.07 Å². The molecule has 0 heterocycles. The lowest BCUT2D eigenvalue weighted by Crippen LogP contribution is -2.41. The van der Waals surface area contributed by atoms with Crippen molar-refractivity contribution in [1.29, 1.82) is 0 Å². The van der Waals surface area contributed by atoms with E-state index < -0.39 is 10.0 Å². The van der Waals surface area contributed by atoms with Crippen LogP contribution in [-0.4, -0.2) is 33.2 Å². The van der Waals surface area contributed by atoms with Crippen LogP contribution in [0, 0.1) is 6.92 Å². The number of nitrogens with one attached hydrogen (secondary N) is 1. The Morgan fingerprint density at radius 2 is 2.10 bits per heavy atom. The van der Waals surface area contributed by atoms with Crippen molar-refractivity contribution in [3.63, 3.8) is 0 Å². The van der Waals surface area contributed by atoms with Gasteiger partial charge in [0, 0.05) is 10.5 Å². The topological polar surface area (TPSA) is 66.5 Å². The van der Waals surface area contributed by atoms with Crippen LogP contribution in [-0.2, 0) is 14.8 Å². The van der Waals surface area contributed by atoms with Crippen LogP contribution in [0.3, 0.4) is 0 Å². The lowest BCUT2D eigenvalue weighted by molar-refractivity contribution is -0.119. The summed E-state index contributed by atoms with van der Waals surface area (Å²) in [5.74, 6) is -0.273. The van der Waals surface area contributed by atoms with Crippen LogP contribution in [0.5, 0.6) is 0 Å². The smallest absolute Gasteiger partial charge is 0.240 e. The van der Waals surface area contributed by atoms with Crippen LogP contribution in [0.1, 0.15) is 18.4 Å². The average molecular weight is 361 g/mol. The number of halogens is 1. The van der Waals surface area contributed by atoms with E-state index >= 15 is 0 Å². The Labute approximate surface area is 127 Å². The van der Waals surface area contributed by atoms with Gasteiger partial charge in [-0.2, -0.15) is 0 Å². The molecule has 0 unspecified atom stereocenters. The number of hydrogen-bond donors (Lipinski definition) is 1. The molecule has 1 aromatic carbocycles. The van der Waals surface area contributed by atoms with Crippen LogP contribution in [0.25, 0.3) is 0 Å². The summed E-state index contributed by atoms with van der Waals surface area (Å²) >= 11 is 3.36. The normalized spacial score (nSPS) is 14.9. The standard InChI is InChI=1S/C13H17BrN2O3S/c1-9-3-6-12(11(14)7-9)16(20(2,18)19)8-13(17)15-10-4-5-10/h3,6-7,10H,4-5,8H2,1-2H3,(H,15,17). The van der Waals surface area contributed by atoms with Crippen molar-refractivity contribution in [2.75, 3.05) is 17.1 Å². The molecular weight excluding hydrogens is 344 g/mol. The number of nitrogens with zero attached hydrogens (tertiary/aromatic N) is 1. The van der Waals surface area contributed by atoms with Gasteiger partial charge in [-0.05, 0) is 53.4 Å². The van der Waals surface area contributed by atoms with E-state index in [0.717, 1.165) is 29.0 Å². The Kier molecular flexibility index (Phi) is 4.39. The van der Waals surface area contributed by atoms with E-state index in [9.17, 15) is 13.2 Å². The molecule has 1 aliphatic rings. The summed E-state index contributed by atoms with van der Waals surface area (Å²) in [5.41, 5.74) is 1.49. The summed E-state index contributed by atoms with van der Waals surface area (Å²) in [6.07, 6.45) is 3.04. The van der Waals surface area contributed by atoms with E-state index in [1.165, 1.54) is 0 Å². The van der Waals surface area contributed by atoms with Crippen molar-refractivity contribution >= 4 is 37.5 Å². The van der Waals surface area contributed by atoms with Gasteiger partial charge in [0.2, 0.25) is 15.9 Å². The van der Waals surface area contributed by atoms with E-state index in [4.69, 9.17) is 0 Å². The fraction of sp³-hybridized carbons (Fsp3) is 0.462. The van der Waals surface area contributed by atoms with Crippen LogP contribution in [0.15, 0.2) is 22.7 Å². The summed E-state index contributed by atoms with van der Waals surface area (Å²) in [6, 6.07) is 5.55. The molecule has 7 heteroatoms. The minimum absolute atomic E-state index is 0.197. The van der Waals surface area contributed by atoms with Crippen molar-refractivity contribution in [2.45, 2.75) is 25.8 Å². The molecule has 1 aromatic rings. The molecule has 1 aliphatic carbocycles. The third-order valence-corrected chi connectivity index (χ3v) is 4.76. The summed E-state index contributed by atoms with van der Waals surface area (Å²) in [7, 11) is -3.52. The van der Waals surface area contributed by atoms with Crippen molar-refractivity contribution in [1.82, 2.24) is 5.32 Å². The SMILES string of the molecule is Cc1ccc(N(CC(=O)NC2CC2)S(C)(=O)=O)c(Br)c1. The van der Waals surface area contributed by atoms with Crippen molar-refractivity contribution in [3.05, 3.63) is 28.2 Å². The number of carbonyl (C=O) groups excluding carboxylic acids is 1. The second-order valence-electron chi connectivity index (χ2n) is 5.07. The van der Waals surface area contributed by atoms with Gasteiger partial charge in [-0.25, -0.2) is 8.42 Å². The molecular formula is C13H17BrN2O3S. The molecule has 0 saturated heterocycles. The second-order valence-corrected chi connectivity index (χ2v) is 7.83. The third-order valence-electron chi connectivity index (χ3n) is 3.00. The molecule has 0 aromatic heterocycles. The Morgan fingerprint density at radius 3 is 2.60 bits per heavy atom. The molecule has 110 valence electrons. The predicted molar refractivity (Wildman–Crippen MR) is 82.2 cm³/mol. The van der Waals surface area contributed by atoms with E-state index in [1.807, 2.05) is 19.1 Å². The Morgan fingerprint density at radius 1 is 1.45 bits per heavy atom. The average Bonchev–Trinajstić information content (AvgIpc) is 3.09. The number of sulfonamides is 1.